The van der Waals surface area contributed by atoms with Crippen LogP contribution in [0.5, 0.6) is 0 Å². The van der Waals surface area contributed by atoms with E-state index in [9.17, 15) is 19.5 Å². The highest BCUT2D eigenvalue weighted by molar-refractivity contribution is 8.00. The summed E-state index contributed by atoms with van der Waals surface area (Å²) >= 11 is 1.13. The van der Waals surface area contributed by atoms with Crippen molar-refractivity contribution >= 4 is 40.3 Å². The Labute approximate surface area is 159 Å². The fourth-order valence-corrected chi connectivity index (χ4v) is 3.60. The number of carbonyl (C=O) groups excluding carboxylic acids is 1. The van der Waals surface area contributed by atoms with E-state index in [1.807, 2.05) is 13.8 Å². The molecule has 0 spiro atoms. The van der Waals surface area contributed by atoms with Crippen LogP contribution in [0.3, 0.4) is 0 Å². The van der Waals surface area contributed by atoms with Crippen LogP contribution in [0.1, 0.15) is 31.1 Å². The van der Waals surface area contributed by atoms with Crippen molar-refractivity contribution in [3.8, 4) is 0 Å². The van der Waals surface area contributed by atoms with E-state index in [0.717, 1.165) is 11.8 Å². The minimum Gasteiger partial charge on any atom is -0.480 e. The van der Waals surface area contributed by atoms with Gasteiger partial charge in [0, 0.05) is 23.2 Å². The number of anilines is 1. The van der Waals surface area contributed by atoms with Gasteiger partial charge in [0.05, 0.1) is 6.04 Å². The second-order valence-corrected chi connectivity index (χ2v) is 6.42. The van der Waals surface area contributed by atoms with Crippen molar-refractivity contribution in [3.05, 3.63) is 40.2 Å². The highest BCUT2D eigenvalue weighted by Crippen LogP contribution is 2.35. The Kier molecular flexibility index (Phi) is 8.95. The zero-order valence-corrected chi connectivity index (χ0v) is 15.7. The van der Waals surface area contributed by atoms with E-state index in [2.05, 4.69) is 5.32 Å². The third-order valence-electron chi connectivity index (χ3n) is 3.60. The lowest BCUT2D eigenvalue weighted by Crippen LogP contribution is -2.36. The van der Waals surface area contributed by atoms with Gasteiger partial charge in [-0.15, -0.1) is 11.8 Å². The highest BCUT2D eigenvalue weighted by Gasteiger charge is 2.26. The first-order valence-electron chi connectivity index (χ1n) is 8.14. The van der Waals surface area contributed by atoms with Crippen LogP contribution in [0.4, 0.5) is 5.69 Å². The average Bonchev–Trinajstić information content (AvgIpc) is 2.66. The number of amides is 1. The van der Waals surface area contributed by atoms with Gasteiger partial charge in [-0.1, -0.05) is 13.8 Å². The standard InChI is InChI=1S/C15H14N2O5S.C2H6.H2O2/c16-10-3-4-23-13(15(20)21)9-6-12(18)22-11-5-7(17-14(10)19)1-2-8(9)11;2*1-2/h1-2,5-6,10,13H,3-4,16H2,(H,17,19)(H,20,21);1-2H3;1-2H. The molecule has 1 aromatic heterocycles. The number of carbonyl (C=O) groups is 2. The lowest BCUT2D eigenvalue weighted by Gasteiger charge is -2.18. The van der Waals surface area contributed by atoms with Crippen molar-refractivity contribution in [2.75, 3.05) is 11.1 Å². The molecule has 3 heterocycles. The summed E-state index contributed by atoms with van der Waals surface area (Å²) in [5.41, 5.74) is 6.24. The molecule has 4 rings (SSSR count). The number of hydrogen-bond acceptors (Lipinski definition) is 8. The Balaban J connectivity index is 0.000000855. The highest BCUT2D eigenvalue weighted by atomic mass is 32.2. The summed E-state index contributed by atoms with van der Waals surface area (Å²) in [5, 5.41) is 23.8. The molecule has 10 heteroatoms. The number of nitrogens with one attached hydrogen (secondary N) is 1. The van der Waals surface area contributed by atoms with Gasteiger partial charge in [-0.25, -0.2) is 4.79 Å². The second kappa shape index (κ2) is 10.7. The fraction of sp³-hybridized carbons (Fsp3) is 0.353. The van der Waals surface area contributed by atoms with E-state index in [-0.39, 0.29) is 11.5 Å². The van der Waals surface area contributed by atoms with Crippen LogP contribution in [-0.4, -0.2) is 39.3 Å². The molecule has 2 unspecified atom stereocenters. The van der Waals surface area contributed by atoms with E-state index in [4.69, 9.17) is 20.7 Å². The Bertz CT molecular complexity index is 853. The van der Waals surface area contributed by atoms with Gasteiger partial charge in [-0.05, 0) is 29.9 Å². The van der Waals surface area contributed by atoms with Gasteiger partial charge in [0.25, 0.3) is 0 Å². The molecular weight excluding hydrogens is 376 g/mol. The first kappa shape index (κ1) is 22.6. The summed E-state index contributed by atoms with van der Waals surface area (Å²) in [7, 11) is 0. The van der Waals surface area contributed by atoms with E-state index in [0.29, 0.717) is 28.8 Å². The molecule has 9 nitrogen and oxygen atoms in total. The average molecular weight is 398 g/mol. The molecule has 2 aromatic rings. The lowest BCUT2D eigenvalue weighted by molar-refractivity contribution is -0.176. The number of hydrogen-bond donors (Lipinski definition) is 5. The van der Waals surface area contributed by atoms with Gasteiger partial charge in [-0.3, -0.25) is 20.1 Å². The number of benzene rings is 1. The summed E-state index contributed by atoms with van der Waals surface area (Å²) in [6.07, 6.45) is 0.334. The van der Waals surface area contributed by atoms with E-state index in [1.165, 1.54) is 12.1 Å². The Morgan fingerprint density at radius 3 is 2.56 bits per heavy atom. The molecule has 0 radical (unpaired) electrons. The minimum absolute atomic E-state index is 0.228. The smallest absolute Gasteiger partial charge is 0.336 e. The molecule has 0 saturated heterocycles. The van der Waals surface area contributed by atoms with Crippen molar-refractivity contribution in [2.45, 2.75) is 31.6 Å². The topological polar surface area (TPSA) is 163 Å². The van der Waals surface area contributed by atoms with Crippen molar-refractivity contribution < 1.29 is 29.6 Å². The van der Waals surface area contributed by atoms with E-state index in [1.54, 1.807) is 12.1 Å². The molecule has 1 aromatic carbocycles. The third kappa shape index (κ3) is 5.54. The van der Waals surface area contributed by atoms with Gasteiger partial charge >= 0.3 is 11.6 Å². The van der Waals surface area contributed by atoms with Crippen LogP contribution >= 0.6 is 11.8 Å². The van der Waals surface area contributed by atoms with Gasteiger partial charge < -0.3 is 20.6 Å². The molecule has 1 amide bonds. The van der Waals surface area contributed by atoms with Crippen LogP contribution in [0.2, 0.25) is 0 Å². The Hall–Kier alpha value is -2.40. The molecular formula is C17H22N2O7S. The Morgan fingerprint density at radius 2 is 1.93 bits per heavy atom. The van der Waals surface area contributed by atoms with E-state index < -0.39 is 22.9 Å². The number of rotatable bonds is 1. The van der Waals surface area contributed by atoms with Crippen LogP contribution in [0.15, 0.2) is 33.5 Å². The molecule has 27 heavy (non-hydrogen) atoms. The number of thioether (sulfide) groups is 1. The fourth-order valence-electron chi connectivity index (χ4n) is 2.46. The summed E-state index contributed by atoms with van der Waals surface area (Å²) in [6, 6.07) is 5.22. The molecule has 2 aliphatic heterocycles. The quantitative estimate of drug-likeness (QED) is 0.275. The number of fused-ring (bicyclic) bond motifs is 7. The molecule has 2 aliphatic rings. The summed E-state index contributed by atoms with van der Waals surface area (Å²) in [6.45, 7) is 4.00. The van der Waals surface area contributed by atoms with Crippen LogP contribution in [0, 0.1) is 0 Å². The molecule has 0 saturated carbocycles. The zero-order valence-electron chi connectivity index (χ0n) is 14.8. The molecule has 6 N–H and O–H groups in total. The first-order chi connectivity index (χ1) is 13.0. The number of carboxylic acids is 1. The van der Waals surface area contributed by atoms with Crippen molar-refractivity contribution in [3.63, 3.8) is 0 Å². The van der Waals surface area contributed by atoms with Crippen molar-refractivity contribution in [1.29, 1.82) is 0 Å². The van der Waals surface area contributed by atoms with E-state index >= 15 is 0 Å². The van der Waals surface area contributed by atoms with Crippen molar-refractivity contribution in [1.82, 2.24) is 0 Å². The zero-order chi connectivity index (χ0) is 20.6. The Morgan fingerprint density at radius 1 is 1.26 bits per heavy atom. The maximum atomic E-state index is 12.0. The van der Waals surface area contributed by atoms with Crippen LogP contribution in [0.25, 0.3) is 11.0 Å². The van der Waals surface area contributed by atoms with Gasteiger partial charge in [0.15, 0.2) is 0 Å². The van der Waals surface area contributed by atoms with Crippen LogP contribution < -0.4 is 16.7 Å². The molecule has 2 atom stereocenters. The maximum Gasteiger partial charge on any atom is 0.336 e. The summed E-state index contributed by atoms with van der Waals surface area (Å²) in [4.78, 5) is 35.4. The number of nitrogens with two attached hydrogens (primary N) is 1. The number of carboxylic acid groups (broad SMARTS) is 1. The summed E-state index contributed by atoms with van der Waals surface area (Å²) in [5.74, 6) is -1.04. The first-order valence-corrected chi connectivity index (χ1v) is 9.19. The van der Waals surface area contributed by atoms with Gasteiger partial charge in [0.1, 0.15) is 10.8 Å². The maximum absolute atomic E-state index is 12.0. The monoisotopic (exact) mass is 398 g/mol. The van der Waals surface area contributed by atoms with Gasteiger partial charge in [0.2, 0.25) is 5.91 Å². The minimum atomic E-state index is -1.05. The molecule has 0 aliphatic carbocycles. The summed E-state index contributed by atoms with van der Waals surface area (Å²) < 4.78 is 5.14. The SMILES string of the molecule is CC.NC1CCSC(C(=O)O)c2cc(=O)oc3cc(ccc23)NC1=O.OO. The van der Waals surface area contributed by atoms with Crippen LogP contribution in [-0.2, 0) is 9.59 Å². The number of aliphatic carboxylic acids is 1. The van der Waals surface area contributed by atoms with Gasteiger partial charge in [-0.2, -0.15) is 0 Å². The van der Waals surface area contributed by atoms with Crippen molar-refractivity contribution in [2.24, 2.45) is 5.73 Å². The third-order valence-corrected chi connectivity index (χ3v) is 4.86. The lowest BCUT2D eigenvalue weighted by atomic mass is 10.1. The molecule has 0 fully saturated rings. The predicted molar refractivity (Wildman–Crippen MR) is 103 cm³/mol. The predicted octanol–water partition coefficient (Wildman–Crippen LogP) is 2.36. The molecule has 4 bridgehead atoms. The molecule has 148 valence electrons. The normalized spacial score (nSPS) is 18.9. The second-order valence-electron chi connectivity index (χ2n) is 5.21. The largest absolute Gasteiger partial charge is 0.480 e.